The molecule has 1 nitrogen and oxygen atoms in total. The molecule has 0 fully saturated rings. The van der Waals surface area contributed by atoms with Crippen LogP contribution in [0.2, 0.25) is 0 Å². The van der Waals surface area contributed by atoms with Gasteiger partial charge in [0.05, 0.1) is 0 Å². The zero-order valence-corrected chi connectivity index (χ0v) is 9.00. The number of hydrogen-bond acceptors (Lipinski definition) is 1. The van der Waals surface area contributed by atoms with Crippen LogP contribution in [0.4, 0.5) is 0 Å². The molecule has 1 aromatic carbocycles. The molecule has 0 atom stereocenters. The van der Waals surface area contributed by atoms with Gasteiger partial charge in [-0.3, -0.25) is 0 Å². The van der Waals surface area contributed by atoms with Crippen molar-refractivity contribution in [1.82, 2.24) is 0 Å². The van der Waals surface area contributed by atoms with Gasteiger partial charge in [-0.05, 0) is 37.5 Å². The van der Waals surface area contributed by atoms with Gasteiger partial charge in [-0.2, -0.15) is 0 Å². The SMILES string of the molecule is Cc1cc(C)c(/C=C/CC=O)c(C)c1. The van der Waals surface area contributed by atoms with Crippen molar-refractivity contribution in [3.8, 4) is 0 Å². The molecule has 0 aromatic heterocycles. The standard InChI is InChI=1S/C13H16O/c1-10-8-11(2)13(12(3)9-10)6-4-5-7-14/h4,6-9H,5H2,1-3H3/b6-4+. The van der Waals surface area contributed by atoms with Gasteiger partial charge in [0.1, 0.15) is 6.29 Å². The van der Waals surface area contributed by atoms with Crippen molar-refractivity contribution < 1.29 is 4.79 Å². The van der Waals surface area contributed by atoms with Crippen molar-refractivity contribution in [2.75, 3.05) is 0 Å². The smallest absolute Gasteiger partial charge is 0.123 e. The van der Waals surface area contributed by atoms with Gasteiger partial charge in [-0.15, -0.1) is 0 Å². The number of aldehydes is 1. The average molecular weight is 188 g/mol. The lowest BCUT2D eigenvalue weighted by Gasteiger charge is -2.06. The van der Waals surface area contributed by atoms with E-state index in [4.69, 9.17) is 0 Å². The normalized spacial score (nSPS) is 10.8. The van der Waals surface area contributed by atoms with Crippen LogP contribution in [0.5, 0.6) is 0 Å². The number of hydrogen-bond donors (Lipinski definition) is 0. The molecule has 0 bridgehead atoms. The van der Waals surface area contributed by atoms with E-state index >= 15 is 0 Å². The predicted molar refractivity (Wildman–Crippen MR) is 60.4 cm³/mol. The Morgan fingerprint density at radius 1 is 1.14 bits per heavy atom. The number of carbonyl (C=O) groups excluding carboxylic acids is 1. The van der Waals surface area contributed by atoms with Gasteiger partial charge >= 0.3 is 0 Å². The van der Waals surface area contributed by atoms with E-state index in [1.54, 1.807) is 0 Å². The third kappa shape index (κ3) is 2.56. The summed E-state index contributed by atoms with van der Waals surface area (Å²) < 4.78 is 0. The monoisotopic (exact) mass is 188 g/mol. The summed E-state index contributed by atoms with van der Waals surface area (Å²) in [6.45, 7) is 6.29. The van der Waals surface area contributed by atoms with E-state index < -0.39 is 0 Å². The highest BCUT2D eigenvalue weighted by molar-refractivity contribution is 5.62. The van der Waals surface area contributed by atoms with Gasteiger partial charge in [0.25, 0.3) is 0 Å². The molecule has 0 N–H and O–H groups in total. The molecule has 0 aliphatic rings. The highest BCUT2D eigenvalue weighted by Crippen LogP contribution is 2.17. The highest BCUT2D eigenvalue weighted by atomic mass is 16.1. The summed E-state index contributed by atoms with van der Waals surface area (Å²) >= 11 is 0. The Labute approximate surface area is 85.5 Å². The minimum Gasteiger partial charge on any atom is -0.303 e. The summed E-state index contributed by atoms with van der Waals surface area (Å²) in [5.74, 6) is 0. The van der Waals surface area contributed by atoms with E-state index in [9.17, 15) is 4.79 Å². The Bertz CT molecular complexity index is 338. The molecule has 0 heterocycles. The van der Waals surface area contributed by atoms with E-state index in [0.717, 1.165) is 6.29 Å². The van der Waals surface area contributed by atoms with Crippen LogP contribution in [0.25, 0.3) is 6.08 Å². The summed E-state index contributed by atoms with van der Waals surface area (Å²) in [7, 11) is 0. The van der Waals surface area contributed by atoms with Gasteiger partial charge in [0, 0.05) is 6.42 Å². The van der Waals surface area contributed by atoms with Gasteiger partial charge in [-0.1, -0.05) is 29.8 Å². The fraction of sp³-hybridized carbons (Fsp3) is 0.308. The lowest BCUT2D eigenvalue weighted by Crippen LogP contribution is -1.88. The Balaban J connectivity index is 3.02. The molecule has 0 spiro atoms. The van der Waals surface area contributed by atoms with E-state index in [1.165, 1.54) is 22.3 Å². The van der Waals surface area contributed by atoms with Gasteiger partial charge in [0.15, 0.2) is 0 Å². The third-order valence-corrected chi connectivity index (χ3v) is 2.25. The first-order valence-corrected chi connectivity index (χ1v) is 4.83. The van der Waals surface area contributed by atoms with Gasteiger partial charge in [-0.25, -0.2) is 0 Å². The number of allylic oxidation sites excluding steroid dienone is 1. The van der Waals surface area contributed by atoms with Crippen molar-refractivity contribution in [2.24, 2.45) is 0 Å². The maximum absolute atomic E-state index is 10.2. The molecule has 1 rings (SSSR count). The maximum atomic E-state index is 10.2. The fourth-order valence-corrected chi connectivity index (χ4v) is 1.70. The van der Waals surface area contributed by atoms with Crippen LogP contribution in [0.15, 0.2) is 18.2 Å². The molecule has 1 aromatic rings. The van der Waals surface area contributed by atoms with Crippen molar-refractivity contribution in [3.05, 3.63) is 40.5 Å². The second-order valence-electron chi connectivity index (χ2n) is 3.62. The fourth-order valence-electron chi connectivity index (χ4n) is 1.70. The summed E-state index contributed by atoms with van der Waals surface area (Å²) in [4.78, 5) is 10.2. The molecule has 0 aliphatic carbocycles. The first-order valence-electron chi connectivity index (χ1n) is 4.83. The molecular formula is C13H16O. The largest absolute Gasteiger partial charge is 0.303 e. The van der Waals surface area contributed by atoms with Crippen LogP contribution in [-0.2, 0) is 4.79 Å². The topological polar surface area (TPSA) is 17.1 Å². The van der Waals surface area contributed by atoms with Crippen molar-refractivity contribution in [1.29, 1.82) is 0 Å². The van der Waals surface area contributed by atoms with Crippen LogP contribution >= 0.6 is 0 Å². The summed E-state index contributed by atoms with van der Waals surface area (Å²) in [6.07, 6.45) is 5.33. The van der Waals surface area contributed by atoms with Crippen LogP contribution in [0.3, 0.4) is 0 Å². The van der Waals surface area contributed by atoms with E-state index in [-0.39, 0.29) is 0 Å². The Morgan fingerprint density at radius 2 is 1.71 bits per heavy atom. The summed E-state index contributed by atoms with van der Waals surface area (Å²) in [6, 6.07) is 4.32. The van der Waals surface area contributed by atoms with Crippen molar-refractivity contribution >= 4 is 12.4 Å². The predicted octanol–water partition coefficient (Wildman–Crippen LogP) is 3.21. The maximum Gasteiger partial charge on any atom is 0.123 e. The van der Waals surface area contributed by atoms with Crippen molar-refractivity contribution in [2.45, 2.75) is 27.2 Å². The second-order valence-corrected chi connectivity index (χ2v) is 3.62. The minimum absolute atomic E-state index is 0.493. The quantitative estimate of drug-likeness (QED) is 0.666. The van der Waals surface area contributed by atoms with Gasteiger partial charge in [0.2, 0.25) is 0 Å². The highest BCUT2D eigenvalue weighted by Gasteiger charge is 1.99. The second kappa shape index (κ2) is 4.75. The number of rotatable bonds is 3. The zero-order valence-electron chi connectivity index (χ0n) is 9.00. The van der Waals surface area contributed by atoms with Crippen LogP contribution < -0.4 is 0 Å². The Hall–Kier alpha value is -1.37. The summed E-state index contributed by atoms with van der Waals surface area (Å²) in [5.41, 5.74) is 5.05. The van der Waals surface area contributed by atoms with E-state index in [1.807, 2.05) is 12.2 Å². The third-order valence-electron chi connectivity index (χ3n) is 2.25. The molecule has 0 amide bonds. The zero-order chi connectivity index (χ0) is 10.6. The van der Waals surface area contributed by atoms with Gasteiger partial charge < -0.3 is 4.79 Å². The first-order chi connectivity index (χ1) is 6.65. The Kier molecular flexibility index (Phi) is 3.63. The molecule has 0 saturated carbocycles. The van der Waals surface area contributed by atoms with Crippen LogP contribution in [0, 0.1) is 20.8 Å². The molecule has 0 radical (unpaired) electrons. The molecule has 14 heavy (non-hydrogen) atoms. The van der Waals surface area contributed by atoms with Crippen LogP contribution in [0.1, 0.15) is 28.7 Å². The molecule has 1 heteroatoms. The molecular weight excluding hydrogens is 172 g/mol. The molecule has 0 saturated heterocycles. The first kappa shape index (κ1) is 10.7. The molecule has 0 unspecified atom stereocenters. The number of aryl methyl sites for hydroxylation is 3. The summed E-state index contributed by atoms with van der Waals surface area (Å²) in [5, 5.41) is 0. The number of benzene rings is 1. The lowest BCUT2D eigenvalue weighted by molar-refractivity contribution is -0.107. The van der Waals surface area contributed by atoms with E-state index in [2.05, 4.69) is 32.9 Å². The molecule has 0 aliphatic heterocycles. The van der Waals surface area contributed by atoms with E-state index in [0.29, 0.717) is 6.42 Å². The number of carbonyl (C=O) groups is 1. The Morgan fingerprint density at radius 3 is 2.21 bits per heavy atom. The lowest BCUT2D eigenvalue weighted by atomic mass is 9.99. The minimum atomic E-state index is 0.493. The van der Waals surface area contributed by atoms with Crippen molar-refractivity contribution in [3.63, 3.8) is 0 Å². The average Bonchev–Trinajstić information content (AvgIpc) is 2.09. The van der Waals surface area contributed by atoms with Crippen LogP contribution in [-0.4, -0.2) is 6.29 Å². The molecule has 74 valence electrons.